The third kappa shape index (κ3) is 7.12. The standard InChI is InChI=1S/C12H11Si.2C11H11.Zr/c1-3-7-11(8-4-1)13-12-9-5-2-6-10-12;2*1-8-6-7-9(2)11-5-3-4-10(8)11;/h1-10,13H;2*3-7H,1-2H3;/q;2*-1;+2. The third-order valence-electron chi connectivity index (χ3n) is 6.43. The molecule has 0 aliphatic rings. The predicted octanol–water partition coefficient (Wildman–Crippen LogP) is 7.42. The third-order valence-corrected chi connectivity index (χ3v) is 7.87. The molecule has 6 aromatic carbocycles. The summed E-state index contributed by atoms with van der Waals surface area (Å²) in [6.07, 6.45) is 0. The first-order chi connectivity index (χ1) is 17.0. The fraction of sp³-hybridized carbons (Fsp3) is 0.118. The molecule has 0 amide bonds. The van der Waals surface area contributed by atoms with E-state index in [4.69, 9.17) is 0 Å². The van der Waals surface area contributed by atoms with E-state index in [9.17, 15) is 0 Å². The smallest absolute Gasteiger partial charge is 0.168 e. The Morgan fingerprint density at radius 3 is 1.17 bits per heavy atom. The minimum atomic E-state index is 0. The first kappa shape index (κ1) is 27.8. The maximum absolute atomic E-state index is 2.20. The van der Waals surface area contributed by atoms with Gasteiger partial charge in [-0.3, -0.25) is 0 Å². The SMILES string of the molecule is Cc1ccc(C)c2[cH-]ccc12.Cc1ccc(C)c2[cH-]ccc12.[Zr+2].c1ccc([SiH]c2ccccc2)cc1. The Bertz CT molecular complexity index is 1300. The molecule has 2 heteroatoms. The Morgan fingerprint density at radius 1 is 0.444 bits per heavy atom. The quantitative estimate of drug-likeness (QED) is 0.153. The molecule has 177 valence electrons. The van der Waals surface area contributed by atoms with Crippen LogP contribution in [-0.2, 0) is 26.2 Å². The molecule has 0 heterocycles. The molecule has 0 spiro atoms. The van der Waals surface area contributed by atoms with Crippen molar-refractivity contribution in [1.82, 2.24) is 0 Å². The largest absolute Gasteiger partial charge is 2.00 e. The van der Waals surface area contributed by atoms with Crippen LogP contribution in [0.25, 0.3) is 21.5 Å². The van der Waals surface area contributed by atoms with Crippen molar-refractivity contribution < 1.29 is 26.2 Å². The number of hydrogen-bond donors (Lipinski definition) is 0. The summed E-state index contributed by atoms with van der Waals surface area (Å²) in [5, 5.41) is 8.48. The molecule has 6 rings (SSSR count). The number of hydrogen-bond acceptors (Lipinski definition) is 0. The number of fused-ring (bicyclic) bond motifs is 2. The molecule has 0 atom stereocenters. The monoisotopic (exact) mass is 559 g/mol. The summed E-state index contributed by atoms with van der Waals surface area (Å²) in [7, 11) is 0.271. The predicted molar refractivity (Wildman–Crippen MR) is 157 cm³/mol. The van der Waals surface area contributed by atoms with Gasteiger partial charge in [0.15, 0.2) is 0 Å². The van der Waals surface area contributed by atoms with Crippen LogP contribution in [0.1, 0.15) is 22.3 Å². The van der Waals surface area contributed by atoms with Crippen LogP contribution in [0.3, 0.4) is 0 Å². The summed E-state index contributed by atoms with van der Waals surface area (Å²) in [6.45, 7) is 8.62. The zero-order chi connectivity index (χ0) is 24.6. The van der Waals surface area contributed by atoms with Gasteiger partial charge in [-0.1, -0.05) is 108 Å². The number of rotatable bonds is 2. The van der Waals surface area contributed by atoms with E-state index in [0.717, 1.165) is 0 Å². The van der Waals surface area contributed by atoms with Gasteiger partial charge in [0.25, 0.3) is 0 Å². The molecule has 0 aliphatic heterocycles. The second-order valence-electron chi connectivity index (χ2n) is 9.07. The van der Waals surface area contributed by atoms with Gasteiger partial charge in [-0.05, 0) is 13.8 Å². The van der Waals surface area contributed by atoms with Gasteiger partial charge in [0.1, 0.15) is 9.52 Å². The number of aryl methyl sites for hydroxylation is 4. The molecule has 0 aliphatic carbocycles. The van der Waals surface area contributed by atoms with Gasteiger partial charge >= 0.3 is 26.2 Å². The molecule has 0 saturated carbocycles. The molecule has 0 saturated heterocycles. The Kier molecular flexibility index (Phi) is 10.4. The summed E-state index contributed by atoms with van der Waals surface area (Å²) < 4.78 is 0. The molecule has 0 fully saturated rings. The molecule has 6 aromatic rings. The van der Waals surface area contributed by atoms with Crippen LogP contribution in [0.2, 0.25) is 0 Å². The van der Waals surface area contributed by atoms with Crippen molar-refractivity contribution in [3.05, 3.63) is 144 Å². The van der Waals surface area contributed by atoms with Crippen LogP contribution in [-0.4, -0.2) is 9.52 Å². The summed E-state index contributed by atoms with van der Waals surface area (Å²) in [5.74, 6) is 0. The van der Waals surface area contributed by atoms with Crippen LogP contribution in [0.15, 0.2) is 121 Å². The van der Waals surface area contributed by atoms with Gasteiger partial charge in [-0.15, -0.1) is 56.9 Å². The van der Waals surface area contributed by atoms with Crippen molar-refractivity contribution in [2.75, 3.05) is 0 Å². The fourth-order valence-electron chi connectivity index (χ4n) is 4.37. The molecule has 36 heavy (non-hydrogen) atoms. The van der Waals surface area contributed by atoms with Gasteiger partial charge in [0.2, 0.25) is 0 Å². The van der Waals surface area contributed by atoms with Crippen molar-refractivity contribution in [3.63, 3.8) is 0 Å². The Labute approximate surface area is 237 Å². The molecule has 0 N–H and O–H groups in total. The maximum Gasteiger partial charge on any atom is 2.00 e. The van der Waals surface area contributed by atoms with Crippen LogP contribution in [0.4, 0.5) is 0 Å². The minimum absolute atomic E-state index is 0. The zero-order valence-corrected chi connectivity index (χ0v) is 25.2. The van der Waals surface area contributed by atoms with E-state index in [-0.39, 0.29) is 35.7 Å². The zero-order valence-electron chi connectivity index (χ0n) is 21.6. The van der Waals surface area contributed by atoms with Crippen molar-refractivity contribution in [2.24, 2.45) is 0 Å². The summed E-state index contributed by atoms with van der Waals surface area (Å²) in [6, 6.07) is 43.0. The topological polar surface area (TPSA) is 0 Å². The van der Waals surface area contributed by atoms with Crippen LogP contribution in [0.5, 0.6) is 0 Å². The van der Waals surface area contributed by atoms with Gasteiger partial charge in [-0.25, -0.2) is 0 Å². The minimum Gasteiger partial charge on any atom is -0.168 e. The van der Waals surface area contributed by atoms with E-state index < -0.39 is 0 Å². The van der Waals surface area contributed by atoms with Gasteiger partial charge in [0, 0.05) is 0 Å². The van der Waals surface area contributed by atoms with E-state index in [1.54, 1.807) is 0 Å². The summed E-state index contributed by atoms with van der Waals surface area (Å²) >= 11 is 0. The van der Waals surface area contributed by atoms with Crippen molar-refractivity contribution in [3.8, 4) is 0 Å². The second-order valence-corrected chi connectivity index (χ2v) is 10.7. The first-order valence-electron chi connectivity index (χ1n) is 12.2. The average molecular weight is 561 g/mol. The van der Waals surface area contributed by atoms with Gasteiger partial charge in [-0.2, -0.15) is 24.3 Å². The molecule has 0 aromatic heterocycles. The maximum atomic E-state index is 2.20. The Morgan fingerprint density at radius 2 is 0.806 bits per heavy atom. The van der Waals surface area contributed by atoms with E-state index in [0.29, 0.717) is 0 Å². The van der Waals surface area contributed by atoms with Crippen LogP contribution in [0, 0.1) is 27.7 Å². The normalized spacial score (nSPS) is 10.1. The summed E-state index contributed by atoms with van der Waals surface area (Å²) in [5.41, 5.74) is 5.48. The summed E-state index contributed by atoms with van der Waals surface area (Å²) in [4.78, 5) is 0. The molecule has 0 unspecified atom stereocenters. The van der Waals surface area contributed by atoms with Crippen molar-refractivity contribution >= 4 is 41.4 Å². The van der Waals surface area contributed by atoms with E-state index in [1.165, 1.54) is 54.2 Å². The van der Waals surface area contributed by atoms with Gasteiger partial charge < -0.3 is 0 Å². The van der Waals surface area contributed by atoms with Crippen LogP contribution >= 0.6 is 0 Å². The fourth-order valence-corrected chi connectivity index (χ4v) is 5.58. The van der Waals surface area contributed by atoms with Crippen LogP contribution < -0.4 is 10.4 Å². The van der Waals surface area contributed by atoms with Crippen molar-refractivity contribution in [2.45, 2.75) is 27.7 Å². The van der Waals surface area contributed by atoms with E-state index >= 15 is 0 Å². The average Bonchev–Trinajstić information content (AvgIpc) is 3.58. The molecule has 1 radical (unpaired) electrons. The first-order valence-corrected chi connectivity index (χ1v) is 13.4. The van der Waals surface area contributed by atoms with Gasteiger partial charge in [0.05, 0.1) is 0 Å². The molecular weight excluding hydrogens is 528 g/mol. The molecular formula is C34H33SiZr. The van der Waals surface area contributed by atoms with E-state index in [2.05, 4.69) is 149 Å². The van der Waals surface area contributed by atoms with Crippen molar-refractivity contribution in [1.29, 1.82) is 0 Å². The molecule has 0 nitrogen and oxygen atoms in total. The number of benzene rings is 4. The second kappa shape index (κ2) is 13.5. The Hall–Kier alpha value is -2.80. The molecule has 0 bridgehead atoms. The van der Waals surface area contributed by atoms with E-state index in [1.807, 2.05) is 0 Å². The Balaban J connectivity index is 0.000000149.